The third-order valence-electron chi connectivity index (χ3n) is 3.90. The molecule has 0 aliphatic rings. The van der Waals surface area contributed by atoms with Gasteiger partial charge in [-0.3, -0.25) is 5.32 Å². The van der Waals surface area contributed by atoms with E-state index >= 15 is 0 Å². The van der Waals surface area contributed by atoms with Gasteiger partial charge in [0.15, 0.2) is 0 Å². The Hall–Kier alpha value is -2.38. The van der Waals surface area contributed by atoms with Crippen molar-refractivity contribution in [1.82, 2.24) is 15.3 Å². The van der Waals surface area contributed by atoms with Crippen LogP contribution < -0.4 is 21.3 Å². The first kappa shape index (κ1) is 20.9. The van der Waals surface area contributed by atoms with Crippen molar-refractivity contribution in [3.63, 3.8) is 0 Å². The van der Waals surface area contributed by atoms with Gasteiger partial charge in [0.05, 0.1) is 5.69 Å². The number of carbonyl (C=O) groups is 1. The maximum Gasteiger partial charge on any atom is 0.326 e. The van der Waals surface area contributed by atoms with Crippen molar-refractivity contribution in [2.45, 2.75) is 33.1 Å². The molecule has 2 aromatic rings. The van der Waals surface area contributed by atoms with Crippen LogP contribution in [0.4, 0.5) is 22.2 Å². The lowest BCUT2D eigenvalue weighted by Crippen LogP contribution is -2.22. The summed E-state index contributed by atoms with van der Waals surface area (Å²) in [6.07, 6.45) is 0.967. The molecule has 27 heavy (non-hydrogen) atoms. The highest BCUT2D eigenvalue weighted by molar-refractivity contribution is 6.31. The van der Waals surface area contributed by atoms with Gasteiger partial charge in [0.25, 0.3) is 0 Å². The van der Waals surface area contributed by atoms with Gasteiger partial charge in [0, 0.05) is 23.3 Å². The monoisotopic (exact) mass is 390 g/mol. The van der Waals surface area contributed by atoms with Crippen LogP contribution in [0.25, 0.3) is 0 Å². The highest BCUT2D eigenvalue weighted by atomic mass is 35.5. The Kier molecular flexibility index (Phi) is 7.82. The molecule has 0 unspecified atom stereocenters. The van der Waals surface area contributed by atoms with E-state index in [1.165, 1.54) is 0 Å². The molecule has 1 heterocycles. The standard InChI is InChI=1S/C19H27ClN6O/c1-12(2)16-11-17(22-9-5-8-21-4)25-18(24-16)26-19(27)23-14-7-6-13(3)15(20)10-14/h6-7,10-12,21H,5,8-9H2,1-4H3,(H3,22,23,24,25,26,27). The summed E-state index contributed by atoms with van der Waals surface area (Å²) in [5.41, 5.74) is 2.41. The summed E-state index contributed by atoms with van der Waals surface area (Å²) in [5, 5.41) is 12.4. The molecule has 0 radical (unpaired) electrons. The van der Waals surface area contributed by atoms with Crippen LogP contribution in [0.2, 0.25) is 5.02 Å². The van der Waals surface area contributed by atoms with E-state index in [-0.39, 0.29) is 11.9 Å². The minimum atomic E-state index is -0.419. The summed E-state index contributed by atoms with van der Waals surface area (Å²) in [7, 11) is 1.92. The zero-order valence-electron chi connectivity index (χ0n) is 16.2. The van der Waals surface area contributed by atoms with Crippen LogP contribution in [-0.2, 0) is 0 Å². The van der Waals surface area contributed by atoms with Crippen molar-refractivity contribution in [3.8, 4) is 0 Å². The molecule has 0 bridgehead atoms. The fraction of sp³-hybridized carbons (Fsp3) is 0.421. The number of benzene rings is 1. The molecule has 146 valence electrons. The molecule has 0 fully saturated rings. The number of aryl methyl sites for hydroxylation is 1. The van der Waals surface area contributed by atoms with Gasteiger partial charge in [-0.2, -0.15) is 4.98 Å². The zero-order chi connectivity index (χ0) is 19.8. The number of carbonyl (C=O) groups excluding carboxylic acids is 1. The molecule has 0 aliphatic carbocycles. The van der Waals surface area contributed by atoms with E-state index in [0.29, 0.717) is 16.5 Å². The number of hydrogen-bond donors (Lipinski definition) is 4. The fourth-order valence-corrected chi connectivity index (χ4v) is 2.50. The number of amides is 2. The third kappa shape index (κ3) is 6.69. The predicted molar refractivity (Wildman–Crippen MR) is 112 cm³/mol. The fourth-order valence-electron chi connectivity index (χ4n) is 2.32. The Morgan fingerprint density at radius 2 is 1.93 bits per heavy atom. The van der Waals surface area contributed by atoms with E-state index in [2.05, 4.69) is 31.2 Å². The zero-order valence-corrected chi connectivity index (χ0v) is 16.9. The molecule has 0 saturated carbocycles. The third-order valence-corrected chi connectivity index (χ3v) is 4.31. The highest BCUT2D eigenvalue weighted by Gasteiger charge is 2.11. The molecule has 2 amide bonds. The molecule has 4 N–H and O–H groups in total. The average Bonchev–Trinajstić information content (AvgIpc) is 2.61. The van der Waals surface area contributed by atoms with E-state index < -0.39 is 6.03 Å². The minimum absolute atomic E-state index is 0.213. The molecule has 0 saturated heterocycles. The number of halogens is 1. The van der Waals surface area contributed by atoms with Gasteiger partial charge in [-0.25, -0.2) is 9.78 Å². The van der Waals surface area contributed by atoms with Gasteiger partial charge in [0.1, 0.15) is 5.82 Å². The van der Waals surface area contributed by atoms with Gasteiger partial charge in [-0.1, -0.05) is 31.5 Å². The molecule has 8 heteroatoms. The van der Waals surface area contributed by atoms with Crippen LogP contribution in [0.1, 0.15) is 37.4 Å². The van der Waals surface area contributed by atoms with E-state index in [9.17, 15) is 4.79 Å². The number of rotatable bonds is 8. The Labute approximate surface area is 165 Å². The van der Waals surface area contributed by atoms with Crippen LogP contribution in [0.5, 0.6) is 0 Å². The number of nitrogens with zero attached hydrogens (tertiary/aromatic N) is 2. The maximum absolute atomic E-state index is 12.3. The minimum Gasteiger partial charge on any atom is -0.370 e. The molecule has 0 atom stereocenters. The lowest BCUT2D eigenvalue weighted by molar-refractivity contribution is 0.262. The molecule has 0 aliphatic heterocycles. The van der Waals surface area contributed by atoms with Gasteiger partial charge in [-0.15, -0.1) is 0 Å². The second-order valence-electron chi connectivity index (χ2n) is 6.58. The van der Waals surface area contributed by atoms with E-state index in [1.807, 2.05) is 40.0 Å². The second-order valence-corrected chi connectivity index (χ2v) is 6.99. The van der Waals surface area contributed by atoms with Gasteiger partial charge < -0.3 is 16.0 Å². The topological polar surface area (TPSA) is 91.0 Å². The summed E-state index contributed by atoms with van der Waals surface area (Å²) >= 11 is 6.10. The van der Waals surface area contributed by atoms with E-state index in [1.54, 1.807) is 12.1 Å². The SMILES string of the molecule is CNCCCNc1cc(C(C)C)nc(NC(=O)Nc2ccc(C)c(Cl)c2)n1. The molecular formula is C19H27ClN6O. The van der Waals surface area contributed by atoms with Crippen molar-refractivity contribution in [2.75, 3.05) is 36.1 Å². The Balaban J connectivity index is 2.07. The molecule has 7 nitrogen and oxygen atoms in total. The highest BCUT2D eigenvalue weighted by Crippen LogP contribution is 2.21. The lowest BCUT2D eigenvalue weighted by Gasteiger charge is -2.13. The Morgan fingerprint density at radius 3 is 2.59 bits per heavy atom. The smallest absolute Gasteiger partial charge is 0.326 e. The first-order chi connectivity index (χ1) is 12.9. The number of hydrogen-bond acceptors (Lipinski definition) is 5. The second kappa shape index (κ2) is 10.1. The first-order valence-corrected chi connectivity index (χ1v) is 9.38. The van der Waals surface area contributed by atoms with E-state index in [4.69, 9.17) is 11.6 Å². The predicted octanol–water partition coefficient (Wildman–Crippen LogP) is 4.23. The van der Waals surface area contributed by atoms with Crippen LogP contribution in [0.3, 0.4) is 0 Å². The van der Waals surface area contributed by atoms with Crippen LogP contribution in [-0.4, -0.2) is 36.1 Å². The summed E-state index contributed by atoms with van der Waals surface area (Å²) in [5.74, 6) is 1.16. The lowest BCUT2D eigenvalue weighted by atomic mass is 10.1. The summed E-state index contributed by atoms with van der Waals surface area (Å²) < 4.78 is 0. The van der Waals surface area contributed by atoms with Gasteiger partial charge >= 0.3 is 6.03 Å². The molecular weight excluding hydrogens is 364 g/mol. The van der Waals surface area contributed by atoms with Crippen molar-refractivity contribution < 1.29 is 4.79 Å². The Morgan fingerprint density at radius 1 is 1.15 bits per heavy atom. The van der Waals surface area contributed by atoms with E-state index in [0.717, 1.165) is 30.8 Å². The van der Waals surface area contributed by atoms with Crippen LogP contribution in [0, 0.1) is 6.92 Å². The summed E-state index contributed by atoms with van der Waals surface area (Å²) in [4.78, 5) is 21.1. The van der Waals surface area contributed by atoms with Crippen molar-refractivity contribution in [1.29, 1.82) is 0 Å². The summed E-state index contributed by atoms with van der Waals surface area (Å²) in [6.45, 7) is 7.70. The number of anilines is 3. The normalized spacial score (nSPS) is 10.7. The summed E-state index contributed by atoms with van der Waals surface area (Å²) in [6, 6.07) is 6.84. The van der Waals surface area contributed by atoms with Crippen molar-refractivity contribution in [2.24, 2.45) is 0 Å². The van der Waals surface area contributed by atoms with Crippen LogP contribution >= 0.6 is 11.6 Å². The Bertz CT molecular complexity index is 781. The molecule has 1 aromatic heterocycles. The van der Waals surface area contributed by atoms with Gasteiger partial charge in [-0.05, 0) is 50.6 Å². The number of nitrogens with one attached hydrogen (secondary N) is 4. The molecule has 1 aromatic carbocycles. The molecule has 2 rings (SSSR count). The average molecular weight is 391 g/mol. The van der Waals surface area contributed by atoms with Crippen molar-refractivity contribution >= 4 is 35.1 Å². The number of urea groups is 1. The maximum atomic E-state index is 12.3. The van der Waals surface area contributed by atoms with Gasteiger partial charge in [0.2, 0.25) is 5.95 Å². The molecule has 0 spiro atoms. The number of aromatic nitrogens is 2. The quantitative estimate of drug-likeness (QED) is 0.506. The van der Waals surface area contributed by atoms with Crippen LogP contribution in [0.15, 0.2) is 24.3 Å². The largest absolute Gasteiger partial charge is 0.370 e. The first-order valence-electron chi connectivity index (χ1n) is 9.00. The van der Waals surface area contributed by atoms with Crippen molar-refractivity contribution in [3.05, 3.63) is 40.5 Å².